The fourth-order valence-electron chi connectivity index (χ4n) is 3.01. The summed E-state index contributed by atoms with van der Waals surface area (Å²) >= 11 is 0. The number of carbonyl (C=O) groups is 2. The maximum atomic E-state index is 12.3. The molecule has 2 N–H and O–H groups in total. The molecule has 0 aromatic heterocycles. The monoisotopic (exact) mass is 347 g/mol. The van der Waals surface area contributed by atoms with E-state index in [9.17, 15) is 9.59 Å². The van der Waals surface area contributed by atoms with Crippen molar-refractivity contribution in [1.82, 2.24) is 15.5 Å². The lowest BCUT2D eigenvalue weighted by atomic mass is 10.0. The topological polar surface area (TPSA) is 70.7 Å². The minimum Gasteiger partial charge on any atom is -0.496 e. The summed E-state index contributed by atoms with van der Waals surface area (Å²) in [5, 5.41) is 5.76. The largest absolute Gasteiger partial charge is 0.496 e. The molecular formula is C19H29N3O3. The van der Waals surface area contributed by atoms with Crippen molar-refractivity contribution in [3.05, 3.63) is 29.3 Å². The summed E-state index contributed by atoms with van der Waals surface area (Å²) in [7, 11) is 1.66. The predicted octanol–water partition coefficient (Wildman–Crippen LogP) is 1.47. The average Bonchev–Trinajstić information content (AvgIpc) is 2.56. The lowest BCUT2D eigenvalue weighted by molar-refractivity contribution is -0.134. The second-order valence-corrected chi connectivity index (χ2v) is 6.98. The van der Waals surface area contributed by atoms with Gasteiger partial charge in [-0.3, -0.25) is 14.5 Å². The van der Waals surface area contributed by atoms with Crippen LogP contribution in [0.3, 0.4) is 0 Å². The Morgan fingerprint density at radius 1 is 1.44 bits per heavy atom. The highest BCUT2D eigenvalue weighted by molar-refractivity contribution is 5.88. The van der Waals surface area contributed by atoms with E-state index in [0.717, 1.165) is 23.4 Å². The van der Waals surface area contributed by atoms with Gasteiger partial charge in [-0.25, -0.2) is 0 Å². The van der Waals surface area contributed by atoms with Crippen molar-refractivity contribution >= 4 is 11.8 Å². The Kier molecular flexibility index (Phi) is 6.82. The lowest BCUT2D eigenvalue weighted by Crippen LogP contribution is -2.56. The van der Waals surface area contributed by atoms with Crippen LogP contribution >= 0.6 is 0 Å². The molecule has 0 radical (unpaired) electrons. The van der Waals surface area contributed by atoms with E-state index in [0.29, 0.717) is 25.6 Å². The van der Waals surface area contributed by atoms with Gasteiger partial charge in [-0.1, -0.05) is 26.0 Å². The molecule has 1 saturated heterocycles. The second-order valence-electron chi connectivity index (χ2n) is 6.98. The predicted molar refractivity (Wildman–Crippen MR) is 97.4 cm³/mol. The molecule has 25 heavy (non-hydrogen) atoms. The van der Waals surface area contributed by atoms with Crippen LogP contribution in [-0.4, -0.2) is 49.5 Å². The average molecular weight is 347 g/mol. The first kappa shape index (κ1) is 19.2. The molecule has 6 heteroatoms. The fraction of sp³-hybridized carbons (Fsp3) is 0.579. The number of aryl methyl sites for hydroxylation is 1. The van der Waals surface area contributed by atoms with Crippen molar-refractivity contribution in [2.24, 2.45) is 5.92 Å². The number of rotatable bonds is 7. The number of benzene rings is 1. The number of nitrogens with one attached hydrogen (secondary N) is 2. The van der Waals surface area contributed by atoms with Crippen LogP contribution in [0, 0.1) is 12.8 Å². The SMILES string of the molecule is COc1ccc(CN2CCNC(=O)C2CC(=O)NCC(C)C)cc1C. The Hall–Kier alpha value is -2.08. The Labute approximate surface area is 149 Å². The molecule has 1 heterocycles. The lowest BCUT2D eigenvalue weighted by Gasteiger charge is -2.34. The van der Waals surface area contributed by atoms with Gasteiger partial charge in [0.15, 0.2) is 0 Å². The summed E-state index contributed by atoms with van der Waals surface area (Å²) < 4.78 is 5.30. The summed E-state index contributed by atoms with van der Waals surface area (Å²) in [4.78, 5) is 26.5. The van der Waals surface area contributed by atoms with Gasteiger partial charge in [0.05, 0.1) is 19.6 Å². The van der Waals surface area contributed by atoms with Gasteiger partial charge < -0.3 is 15.4 Å². The number of piperazine rings is 1. The number of ether oxygens (including phenoxy) is 1. The highest BCUT2D eigenvalue weighted by atomic mass is 16.5. The van der Waals surface area contributed by atoms with E-state index in [-0.39, 0.29) is 18.2 Å². The number of carbonyl (C=O) groups excluding carboxylic acids is 2. The highest BCUT2D eigenvalue weighted by Crippen LogP contribution is 2.21. The molecule has 1 aliphatic rings. The summed E-state index contributed by atoms with van der Waals surface area (Å²) in [5.41, 5.74) is 2.17. The first-order chi connectivity index (χ1) is 11.9. The number of nitrogens with zero attached hydrogens (tertiary/aromatic N) is 1. The van der Waals surface area contributed by atoms with Crippen LogP contribution in [0.4, 0.5) is 0 Å². The standard InChI is InChI=1S/C19H29N3O3/c1-13(2)11-21-18(23)10-16-19(24)20-7-8-22(16)12-15-5-6-17(25-4)14(3)9-15/h5-6,9,13,16H,7-8,10-12H2,1-4H3,(H,20,24)(H,21,23). The van der Waals surface area contributed by atoms with Crippen LogP contribution in [0.25, 0.3) is 0 Å². The van der Waals surface area contributed by atoms with E-state index in [1.54, 1.807) is 7.11 Å². The molecule has 1 fully saturated rings. The van der Waals surface area contributed by atoms with E-state index < -0.39 is 6.04 Å². The van der Waals surface area contributed by atoms with Crippen LogP contribution in [0.15, 0.2) is 18.2 Å². The van der Waals surface area contributed by atoms with Crippen molar-refractivity contribution < 1.29 is 14.3 Å². The van der Waals surface area contributed by atoms with Gasteiger partial charge in [-0.15, -0.1) is 0 Å². The molecule has 1 aromatic rings. The Morgan fingerprint density at radius 2 is 2.20 bits per heavy atom. The van der Waals surface area contributed by atoms with E-state index in [2.05, 4.69) is 21.6 Å². The number of hydrogen-bond donors (Lipinski definition) is 2. The number of amides is 2. The molecule has 0 spiro atoms. The molecule has 2 rings (SSSR count). The first-order valence-electron chi connectivity index (χ1n) is 8.82. The van der Waals surface area contributed by atoms with E-state index in [4.69, 9.17) is 4.74 Å². The molecule has 0 bridgehead atoms. The van der Waals surface area contributed by atoms with E-state index >= 15 is 0 Å². The van der Waals surface area contributed by atoms with Gasteiger partial charge in [-0.2, -0.15) is 0 Å². The van der Waals surface area contributed by atoms with Gasteiger partial charge in [0.2, 0.25) is 11.8 Å². The van der Waals surface area contributed by atoms with Crippen molar-refractivity contribution in [3.8, 4) is 5.75 Å². The molecule has 138 valence electrons. The fourth-order valence-corrected chi connectivity index (χ4v) is 3.01. The Morgan fingerprint density at radius 3 is 2.84 bits per heavy atom. The van der Waals surface area contributed by atoms with Crippen LogP contribution in [-0.2, 0) is 16.1 Å². The maximum absolute atomic E-state index is 12.3. The molecule has 2 amide bonds. The molecule has 0 saturated carbocycles. The third-order valence-electron chi connectivity index (χ3n) is 4.37. The minimum atomic E-state index is -0.427. The summed E-state index contributed by atoms with van der Waals surface area (Å²) in [6.45, 7) is 8.71. The number of hydrogen-bond acceptors (Lipinski definition) is 4. The van der Waals surface area contributed by atoms with Crippen molar-refractivity contribution in [2.45, 2.75) is 39.8 Å². The molecule has 1 atom stereocenters. The summed E-state index contributed by atoms with van der Waals surface area (Å²) in [6, 6.07) is 5.59. The van der Waals surface area contributed by atoms with Crippen LogP contribution < -0.4 is 15.4 Å². The van der Waals surface area contributed by atoms with Gasteiger partial charge in [0.1, 0.15) is 5.75 Å². The summed E-state index contributed by atoms with van der Waals surface area (Å²) in [6.07, 6.45) is 0.188. The smallest absolute Gasteiger partial charge is 0.237 e. The zero-order valence-corrected chi connectivity index (χ0v) is 15.6. The zero-order valence-electron chi connectivity index (χ0n) is 15.6. The number of methoxy groups -OCH3 is 1. The minimum absolute atomic E-state index is 0.0730. The third kappa shape index (κ3) is 5.46. The van der Waals surface area contributed by atoms with Gasteiger partial charge in [0, 0.05) is 26.2 Å². The molecule has 0 aliphatic carbocycles. The van der Waals surface area contributed by atoms with Crippen LogP contribution in [0.1, 0.15) is 31.4 Å². The maximum Gasteiger partial charge on any atom is 0.237 e. The highest BCUT2D eigenvalue weighted by Gasteiger charge is 2.31. The van der Waals surface area contributed by atoms with Gasteiger partial charge >= 0.3 is 0 Å². The zero-order chi connectivity index (χ0) is 18.4. The third-order valence-corrected chi connectivity index (χ3v) is 4.37. The van der Waals surface area contributed by atoms with Crippen LogP contribution in [0.5, 0.6) is 5.75 Å². The van der Waals surface area contributed by atoms with E-state index in [1.807, 2.05) is 32.9 Å². The van der Waals surface area contributed by atoms with E-state index in [1.165, 1.54) is 0 Å². The molecular weight excluding hydrogens is 318 g/mol. The van der Waals surface area contributed by atoms with Crippen LogP contribution in [0.2, 0.25) is 0 Å². The molecule has 6 nitrogen and oxygen atoms in total. The van der Waals surface area contributed by atoms with Crippen molar-refractivity contribution in [2.75, 3.05) is 26.7 Å². The molecule has 1 aromatic carbocycles. The first-order valence-corrected chi connectivity index (χ1v) is 8.82. The molecule has 1 unspecified atom stereocenters. The normalized spacial score (nSPS) is 18.1. The van der Waals surface area contributed by atoms with Crippen molar-refractivity contribution in [3.63, 3.8) is 0 Å². The quantitative estimate of drug-likeness (QED) is 0.784. The Balaban J connectivity index is 2.04. The molecule has 1 aliphatic heterocycles. The summed E-state index contributed by atoms with van der Waals surface area (Å²) in [5.74, 6) is 1.09. The Bertz CT molecular complexity index is 616. The second kappa shape index (κ2) is 8.85. The van der Waals surface area contributed by atoms with Gasteiger partial charge in [-0.05, 0) is 30.0 Å². The van der Waals surface area contributed by atoms with Gasteiger partial charge in [0.25, 0.3) is 0 Å². The van der Waals surface area contributed by atoms with Crippen molar-refractivity contribution in [1.29, 1.82) is 0 Å².